The Kier molecular flexibility index (Phi) is 29.0. The van der Waals surface area contributed by atoms with Crippen LogP contribution in [-0.2, 0) is 28.2 Å². The van der Waals surface area contributed by atoms with Crippen molar-refractivity contribution in [2.75, 3.05) is 13.2 Å². The maximum atomic E-state index is 12.3. The lowest BCUT2D eigenvalue weighted by Gasteiger charge is -2.18. The van der Waals surface area contributed by atoms with Crippen LogP contribution in [0.1, 0.15) is 168 Å². The second-order valence-electron chi connectivity index (χ2n) is 11.5. The van der Waals surface area contributed by atoms with Crippen LogP contribution in [0.2, 0.25) is 0 Å². The highest BCUT2D eigenvalue weighted by molar-refractivity contribution is 7.46. The fourth-order valence-electron chi connectivity index (χ4n) is 4.72. The van der Waals surface area contributed by atoms with Crippen LogP contribution >= 0.6 is 7.82 Å². The average molecular weight is 619 g/mol. The fourth-order valence-corrected chi connectivity index (χ4v) is 5.08. The first-order valence-electron chi connectivity index (χ1n) is 17.0. The van der Waals surface area contributed by atoms with Gasteiger partial charge in [0.2, 0.25) is 0 Å². The fraction of sp³-hybridized carbons (Fsp3) is 0.879. The molecule has 0 saturated heterocycles. The Labute approximate surface area is 257 Å². The van der Waals surface area contributed by atoms with E-state index in [0.717, 1.165) is 51.4 Å². The molecular formula is C33H63O8P. The van der Waals surface area contributed by atoms with E-state index in [0.29, 0.717) is 6.42 Å². The summed E-state index contributed by atoms with van der Waals surface area (Å²) in [5.41, 5.74) is 0. The second-order valence-corrected chi connectivity index (χ2v) is 12.7. The molecule has 0 heterocycles. The van der Waals surface area contributed by atoms with Crippen LogP contribution in [-0.4, -0.2) is 41.0 Å². The third-order valence-corrected chi connectivity index (χ3v) is 7.77. The van der Waals surface area contributed by atoms with E-state index in [-0.39, 0.29) is 19.4 Å². The van der Waals surface area contributed by atoms with Crippen molar-refractivity contribution in [2.45, 2.75) is 174 Å². The van der Waals surface area contributed by atoms with Gasteiger partial charge in [0.25, 0.3) is 0 Å². The molecule has 1 unspecified atom stereocenters. The molecule has 0 aliphatic rings. The minimum atomic E-state index is -4.74. The molecule has 248 valence electrons. The molecule has 0 aromatic heterocycles. The topological polar surface area (TPSA) is 119 Å². The van der Waals surface area contributed by atoms with Gasteiger partial charge in [0.05, 0.1) is 6.61 Å². The minimum absolute atomic E-state index is 0.210. The number of hydrogen-bond donors (Lipinski definition) is 2. The number of carbonyl (C=O) groups excluding carboxylic acids is 2. The Morgan fingerprint density at radius 2 is 1.00 bits per heavy atom. The van der Waals surface area contributed by atoms with Crippen molar-refractivity contribution >= 4 is 19.8 Å². The molecule has 0 fully saturated rings. The van der Waals surface area contributed by atoms with Gasteiger partial charge in [0.1, 0.15) is 6.61 Å². The van der Waals surface area contributed by atoms with Crippen LogP contribution in [0.15, 0.2) is 12.2 Å². The molecule has 0 aliphatic carbocycles. The van der Waals surface area contributed by atoms with Crippen molar-refractivity contribution in [3.8, 4) is 0 Å². The first kappa shape index (κ1) is 40.8. The van der Waals surface area contributed by atoms with Crippen LogP contribution in [0.4, 0.5) is 0 Å². The molecular weight excluding hydrogens is 555 g/mol. The Morgan fingerprint density at radius 1 is 0.595 bits per heavy atom. The summed E-state index contributed by atoms with van der Waals surface area (Å²) in [7, 11) is -4.74. The standard InChI is InChI=1S/C33H63O8P/c1-3-5-7-9-11-12-13-14-15-16-17-18-19-20-22-24-26-28-33(35)41-31(30-40-42(36,37)38)29-39-32(34)27-25-23-21-10-8-6-4-2/h14-15,31H,3-13,16-30H2,1-2H3,(H2,36,37,38)/b15-14-. The Balaban J connectivity index is 3.94. The van der Waals surface area contributed by atoms with Gasteiger partial charge in [-0.1, -0.05) is 129 Å². The van der Waals surface area contributed by atoms with E-state index in [4.69, 9.17) is 19.3 Å². The highest BCUT2D eigenvalue weighted by atomic mass is 31.2. The van der Waals surface area contributed by atoms with Gasteiger partial charge >= 0.3 is 19.8 Å². The van der Waals surface area contributed by atoms with Gasteiger partial charge in [-0.2, -0.15) is 0 Å². The van der Waals surface area contributed by atoms with Crippen molar-refractivity contribution in [1.82, 2.24) is 0 Å². The van der Waals surface area contributed by atoms with Crippen LogP contribution in [0.25, 0.3) is 0 Å². The van der Waals surface area contributed by atoms with E-state index in [1.807, 2.05) is 0 Å². The first-order valence-corrected chi connectivity index (χ1v) is 18.5. The third-order valence-electron chi connectivity index (χ3n) is 7.28. The molecule has 0 spiro atoms. The van der Waals surface area contributed by atoms with E-state index in [9.17, 15) is 14.2 Å². The van der Waals surface area contributed by atoms with E-state index >= 15 is 0 Å². The van der Waals surface area contributed by atoms with Crippen LogP contribution in [0.3, 0.4) is 0 Å². The normalized spacial score (nSPS) is 12.6. The number of phosphoric ester groups is 1. The number of unbranched alkanes of at least 4 members (excludes halogenated alkanes) is 19. The maximum Gasteiger partial charge on any atom is 0.469 e. The van der Waals surface area contributed by atoms with Gasteiger partial charge in [0.15, 0.2) is 6.10 Å². The van der Waals surface area contributed by atoms with Gasteiger partial charge in [-0.15, -0.1) is 0 Å². The average Bonchev–Trinajstić information content (AvgIpc) is 2.95. The third kappa shape index (κ3) is 31.7. The van der Waals surface area contributed by atoms with Gasteiger partial charge < -0.3 is 19.3 Å². The number of rotatable bonds is 31. The molecule has 1 atom stereocenters. The summed E-state index contributed by atoms with van der Waals surface area (Å²) in [6.07, 6.45) is 29.5. The van der Waals surface area contributed by atoms with Crippen molar-refractivity contribution in [2.24, 2.45) is 0 Å². The first-order chi connectivity index (χ1) is 20.3. The Bertz CT molecular complexity index is 706. The number of ether oxygens (including phenoxy) is 2. The van der Waals surface area contributed by atoms with Crippen molar-refractivity contribution in [3.05, 3.63) is 12.2 Å². The molecule has 0 bridgehead atoms. The van der Waals surface area contributed by atoms with E-state index in [1.54, 1.807) is 0 Å². The Morgan fingerprint density at radius 3 is 1.45 bits per heavy atom. The molecule has 0 radical (unpaired) electrons. The molecule has 0 saturated carbocycles. The zero-order valence-corrected chi connectivity index (χ0v) is 27.8. The zero-order valence-electron chi connectivity index (χ0n) is 26.9. The van der Waals surface area contributed by atoms with Gasteiger partial charge in [-0.3, -0.25) is 14.1 Å². The maximum absolute atomic E-state index is 12.3. The predicted molar refractivity (Wildman–Crippen MR) is 170 cm³/mol. The van der Waals surface area contributed by atoms with Crippen molar-refractivity contribution in [3.63, 3.8) is 0 Å². The molecule has 42 heavy (non-hydrogen) atoms. The molecule has 0 aromatic rings. The lowest BCUT2D eigenvalue weighted by molar-refractivity contribution is -0.161. The lowest BCUT2D eigenvalue weighted by Crippen LogP contribution is -2.29. The van der Waals surface area contributed by atoms with Crippen molar-refractivity contribution < 1.29 is 37.9 Å². The summed E-state index contributed by atoms with van der Waals surface area (Å²) < 4.78 is 26.1. The molecule has 0 aromatic carbocycles. The van der Waals surface area contributed by atoms with E-state index in [1.165, 1.54) is 83.5 Å². The number of phosphoric acid groups is 1. The largest absolute Gasteiger partial charge is 0.469 e. The summed E-state index contributed by atoms with van der Waals surface area (Å²) in [4.78, 5) is 42.3. The van der Waals surface area contributed by atoms with Crippen LogP contribution in [0, 0.1) is 0 Å². The predicted octanol–water partition coefficient (Wildman–Crippen LogP) is 9.51. The second kappa shape index (κ2) is 29.8. The zero-order chi connectivity index (χ0) is 31.2. The number of hydrogen-bond acceptors (Lipinski definition) is 6. The van der Waals surface area contributed by atoms with Crippen LogP contribution < -0.4 is 0 Å². The minimum Gasteiger partial charge on any atom is -0.462 e. The molecule has 0 amide bonds. The molecule has 0 aliphatic heterocycles. The highest BCUT2D eigenvalue weighted by Gasteiger charge is 2.22. The van der Waals surface area contributed by atoms with E-state index in [2.05, 4.69) is 30.5 Å². The number of allylic oxidation sites excluding steroid dienone is 2. The molecule has 0 rings (SSSR count). The highest BCUT2D eigenvalue weighted by Crippen LogP contribution is 2.35. The summed E-state index contributed by atoms with van der Waals surface area (Å²) in [6, 6.07) is 0. The van der Waals surface area contributed by atoms with Gasteiger partial charge in [0, 0.05) is 12.8 Å². The molecule has 2 N–H and O–H groups in total. The van der Waals surface area contributed by atoms with Gasteiger partial charge in [-0.05, 0) is 38.5 Å². The number of esters is 2. The monoisotopic (exact) mass is 618 g/mol. The van der Waals surface area contributed by atoms with E-state index < -0.39 is 32.5 Å². The Hall–Kier alpha value is -1.21. The van der Waals surface area contributed by atoms with Crippen molar-refractivity contribution in [1.29, 1.82) is 0 Å². The SMILES string of the molecule is CCCCCCCC/C=C\CCCCCCCCCC(=O)OC(COC(=O)CCCCCCCCC)COP(=O)(O)O. The van der Waals surface area contributed by atoms with Crippen LogP contribution in [0.5, 0.6) is 0 Å². The lowest BCUT2D eigenvalue weighted by atomic mass is 10.1. The molecule has 8 nitrogen and oxygen atoms in total. The molecule has 9 heteroatoms. The quantitative estimate of drug-likeness (QED) is 0.0341. The smallest absolute Gasteiger partial charge is 0.462 e. The van der Waals surface area contributed by atoms with Gasteiger partial charge in [-0.25, -0.2) is 4.57 Å². The summed E-state index contributed by atoms with van der Waals surface area (Å²) in [5, 5.41) is 0. The summed E-state index contributed by atoms with van der Waals surface area (Å²) in [5.74, 6) is -0.893. The summed E-state index contributed by atoms with van der Waals surface area (Å²) >= 11 is 0. The summed E-state index contributed by atoms with van der Waals surface area (Å²) in [6.45, 7) is 3.61. The number of carbonyl (C=O) groups is 2.